The molecule has 0 atom stereocenters. The van der Waals surface area contributed by atoms with Crippen molar-refractivity contribution < 1.29 is 4.79 Å². The van der Waals surface area contributed by atoms with Gasteiger partial charge in [-0.15, -0.1) is 11.3 Å². The van der Waals surface area contributed by atoms with Crippen LogP contribution in [0.2, 0.25) is 0 Å². The molecule has 1 amide bonds. The number of amides is 1. The van der Waals surface area contributed by atoms with Crippen molar-refractivity contribution in [1.82, 2.24) is 10.3 Å². The molecular weight excluding hydrogens is 244 g/mol. The average molecular weight is 260 g/mol. The van der Waals surface area contributed by atoms with E-state index >= 15 is 0 Å². The highest BCUT2D eigenvalue weighted by Gasteiger charge is 2.13. The van der Waals surface area contributed by atoms with Gasteiger partial charge >= 0.3 is 0 Å². The molecule has 0 saturated carbocycles. The highest BCUT2D eigenvalue weighted by molar-refractivity contribution is 7.11. The maximum Gasteiger partial charge on any atom is 0.271 e. The van der Waals surface area contributed by atoms with Crippen LogP contribution < -0.4 is 5.32 Å². The fourth-order valence-corrected chi connectivity index (χ4v) is 2.64. The number of carbonyl (C=O) groups excluding carboxylic acids is 1. The van der Waals surface area contributed by atoms with E-state index in [1.165, 1.54) is 5.56 Å². The van der Waals surface area contributed by atoms with Gasteiger partial charge in [-0.2, -0.15) is 0 Å². The summed E-state index contributed by atoms with van der Waals surface area (Å²) in [4.78, 5) is 17.2. The maximum absolute atomic E-state index is 12.0. The monoisotopic (exact) mass is 260 g/mol. The normalized spacial score (nSPS) is 10.4. The molecule has 0 saturated heterocycles. The molecule has 0 aliphatic carbocycles. The molecule has 0 bridgehead atoms. The van der Waals surface area contributed by atoms with E-state index in [1.54, 1.807) is 11.3 Å². The number of thiazole rings is 1. The van der Waals surface area contributed by atoms with Gasteiger partial charge in [0.2, 0.25) is 0 Å². The van der Waals surface area contributed by atoms with Crippen molar-refractivity contribution in [1.29, 1.82) is 0 Å². The van der Waals surface area contributed by atoms with Crippen LogP contribution in [0.5, 0.6) is 0 Å². The van der Waals surface area contributed by atoms with E-state index < -0.39 is 0 Å². The van der Waals surface area contributed by atoms with Crippen LogP contribution in [0.15, 0.2) is 24.3 Å². The number of hydrogen-bond acceptors (Lipinski definition) is 3. The lowest BCUT2D eigenvalue weighted by atomic mass is 10.1. The number of rotatable bonds is 3. The topological polar surface area (TPSA) is 42.0 Å². The van der Waals surface area contributed by atoms with Crippen molar-refractivity contribution in [2.24, 2.45) is 0 Å². The number of nitrogens with one attached hydrogen (secondary N) is 1. The Hall–Kier alpha value is -1.68. The predicted molar refractivity (Wildman–Crippen MR) is 73.9 cm³/mol. The Morgan fingerprint density at radius 3 is 2.72 bits per heavy atom. The molecule has 4 heteroatoms. The van der Waals surface area contributed by atoms with Gasteiger partial charge in [-0.3, -0.25) is 4.79 Å². The number of nitrogens with zero attached hydrogens (tertiary/aromatic N) is 1. The first-order valence-corrected chi connectivity index (χ1v) is 6.65. The highest BCUT2D eigenvalue weighted by Crippen LogP contribution is 2.16. The van der Waals surface area contributed by atoms with Gasteiger partial charge in [0.25, 0.3) is 5.91 Å². The van der Waals surface area contributed by atoms with Gasteiger partial charge in [-0.05, 0) is 26.3 Å². The van der Waals surface area contributed by atoms with Crippen LogP contribution in [0, 0.1) is 20.8 Å². The standard InChI is InChI=1S/C14H16N2OS/c1-9-5-4-6-12(7-9)8-15-14(17)13-10(2)18-11(3)16-13/h4-7H,8H2,1-3H3,(H,15,17). The number of carbonyl (C=O) groups is 1. The summed E-state index contributed by atoms with van der Waals surface area (Å²) in [5.41, 5.74) is 2.85. The molecule has 2 aromatic rings. The summed E-state index contributed by atoms with van der Waals surface area (Å²) < 4.78 is 0. The van der Waals surface area contributed by atoms with Crippen molar-refractivity contribution in [3.63, 3.8) is 0 Å². The summed E-state index contributed by atoms with van der Waals surface area (Å²) in [6, 6.07) is 8.11. The van der Waals surface area contributed by atoms with E-state index in [1.807, 2.05) is 39.0 Å². The molecular formula is C14H16N2OS. The second-order valence-corrected chi connectivity index (χ2v) is 5.72. The van der Waals surface area contributed by atoms with Crippen molar-refractivity contribution in [3.05, 3.63) is 51.0 Å². The Labute approximate surface area is 111 Å². The van der Waals surface area contributed by atoms with Gasteiger partial charge < -0.3 is 5.32 Å². The minimum atomic E-state index is -0.0987. The molecule has 1 N–H and O–H groups in total. The smallest absolute Gasteiger partial charge is 0.271 e. The third-order valence-electron chi connectivity index (χ3n) is 2.65. The number of aryl methyl sites for hydroxylation is 3. The minimum absolute atomic E-state index is 0.0987. The van der Waals surface area contributed by atoms with E-state index in [4.69, 9.17) is 0 Å². The average Bonchev–Trinajstić information content (AvgIpc) is 2.66. The molecule has 1 aromatic heterocycles. The van der Waals surface area contributed by atoms with Crippen LogP contribution in [0.4, 0.5) is 0 Å². The molecule has 1 heterocycles. The number of benzene rings is 1. The van der Waals surface area contributed by atoms with Crippen LogP contribution >= 0.6 is 11.3 Å². The van der Waals surface area contributed by atoms with Crippen molar-refractivity contribution in [2.75, 3.05) is 0 Å². The molecule has 0 aliphatic heterocycles. The van der Waals surface area contributed by atoms with E-state index in [2.05, 4.69) is 16.4 Å². The van der Waals surface area contributed by atoms with Crippen molar-refractivity contribution in [3.8, 4) is 0 Å². The first-order chi connectivity index (χ1) is 8.56. The zero-order chi connectivity index (χ0) is 13.1. The fraction of sp³-hybridized carbons (Fsp3) is 0.286. The first kappa shape index (κ1) is 12.8. The molecule has 0 spiro atoms. The Balaban J connectivity index is 2.03. The SMILES string of the molecule is Cc1cccc(CNC(=O)c2nc(C)sc2C)c1. The molecule has 2 rings (SSSR count). The van der Waals surface area contributed by atoms with Gasteiger partial charge in [-0.25, -0.2) is 4.98 Å². The summed E-state index contributed by atoms with van der Waals surface area (Å²) in [6.07, 6.45) is 0. The first-order valence-electron chi connectivity index (χ1n) is 5.84. The maximum atomic E-state index is 12.0. The lowest BCUT2D eigenvalue weighted by molar-refractivity contribution is 0.0946. The van der Waals surface area contributed by atoms with Crippen LogP contribution in [0.3, 0.4) is 0 Å². The van der Waals surface area contributed by atoms with Gasteiger partial charge in [0.05, 0.1) is 5.01 Å². The molecule has 94 valence electrons. The summed E-state index contributed by atoms with van der Waals surface area (Å²) in [5.74, 6) is -0.0987. The lowest BCUT2D eigenvalue weighted by Crippen LogP contribution is -2.23. The Kier molecular flexibility index (Phi) is 3.77. The summed E-state index contributed by atoms with van der Waals surface area (Å²) in [5, 5.41) is 3.83. The Morgan fingerprint density at radius 1 is 1.33 bits per heavy atom. The predicted octanol–water partition coefficient (Wildman–Crippen LogP) is 3.00. The summed E-state index contributed by atoms with van der Waals surface area (Å²) >= 11 is 1.55. The third-order valence-corrected chi connectivity index (χ3v) is 3.54. The van der Waals surface area contributed by atoms with Gasteiger partial charge in [-0.1, -0.05) is 29.8 Å². The second kappa shape index (κ2) is 5.31. The Bertz CT molecular complexity index is 575. The third kappa shape index (κ3) is 2.96. The van der Waals surface area contributed by atoms with Gasteiger partial charge in [0.1, 0.15) is 5.69 Å². The van der Waals surface area contributed by atoms with Gasteiger partial charge in [0, 0.05) is 11.4 Å². The molecule has 3 nitrogen and oxygen atoms in total. The van der Waals surface area contributed by atoms with E-state index in [9.17, 15) is 4.79 Å². The molecule has 0 fully saturated rings. The number of hydrogen-bond donors (Lipinski definition) is 1. The fourth-order valence-electron chi connectivity index (χ4n) is 1.83. The second-order valence-electron chi connectivity index (χ2n) is 4.31. The summed E-state index contributed by atoms with van der Waals surface area (Å²) in [7, 11) is 0. The van der Waals surface area contributed by atoms with Crippen molar-refractivity contribution >= 4 is 17.2 Å². The zero-order valence-corrected chi connectivity index (χ0v) is 11.6. The van der Waals surface area contributed by atoms with Crippen LogP contribution in [-0.4, -0.2) is 10.9 Å². The van der Waals surface area contributed by atoms with E-state index in [0.717, 1.165) is 15.4 Å². The highest BCUT2D eigenvalue weighted by atomic mass is 32.1. The van der Waals surface area contributed by atoms with Crippen LogP contribution in [0.1, 0.15) is 31.5 Å². The lowest BCUT2D eigenvalue weighted by Gasteiger charge is -2.05. The minimum Gasteiger partial charge on any atom is -0.347 e. The van der Waals surface area contributed by atoms with Crippen molar-refractivity contribution in [2.45, 2.75) is 27.3 Å². The van der Waals surface area contributed by atoms with Crippen LogP contribution in [0.25, 0.3) is 0 Å². The molecule has 0 radical (unpaired) electrons. The summed E-state index contributed by atoms with van der Waals surface area (Å²) in [6.45, 7) is 6.41. The molecule has 0 unspecified atom stereocenters. The Morgan fingerprint density at radius 2 is 2.11 bits per heavy atom. The largest absolute Gasteiger partial charge is 0.347 e. The zero-order valence-electron chi connectivity index (χ0n) is 10.8. The van der Waals surface area contributed by atoms with E-state index in [-0.39, 0.29) is 5.91 Å². The van der Waals surface area contributed by atoms with Crippen LogP contribution in [-0.2, 0) is 6.54 Å². The molecule has 0 aliphatic rings. The quantitative estimate of drug-likeness (QED) is 0.921. The molecule has 18 heavy (non-hydrogen) atoms. The van der Waals surface area contributed by atoms with Gasteiger partial charge in [0.15, 0.2) is 0 Å². The molecule has 1 aromatic carbocycles. The van der Waals surface area contributed by atoms with E-state index in [0.29, 0.717) is 12.2 Å². The number of aromatic nitrogens is 1.